The average Bonchev–Trinajstić information content (AvgIpc) is 3.14. The zero-order valence-corrected chi connectivity index (χ0v) is 12.3. The molecule has 0 spiro atoms. The van der Waals surface area contributed by atoms with Gasteiger partial charge in [-0.15, -0.1) is 11.3 Å². The number of benzene rings is 1. The number of anilines is 1. The van der Waals surface area contributed by atoms with Gasteiger partial charge in [-0.25, -0.2) is 9.37 Å². The van der Waals surface area contributed by atoms with Gasteiger partial charge in [-0.1, -0.05) is 0 Å². The van der Waals surface area contributed by atoms with Crippen molar-refractivity contribution in [1.82, 2.24) is 10.3 Å². The van der Waals surface area contributed by atoms with Crippen LogP contribution in [0.5, 0.6) is 0 Å². The van der Waals surface area contributed by atoms with Crippen LogP contribution in [-0.2, 0) is 4.74 Å². The number of hydrogen-bond acceptors (Lipinski definition) is 5. The van der Waals surface area contributed by atoms with Gasteiger partial charge in [-0.3, -0.25) is 0 Å². The maximum atomic E-state index is 13.0. The Labute approximate surface area is 126 Å². The first-order valence-corrected chi connectivity index (χ1v) is 7.99. The molecule has 6 heteroatoms. The largest absolute Gasteiger partial charge is 0.373 e. The van der Waals surface area contributed by atoms with Gasteiger partial charge in [0.05, 0.1) is 24.4 Å². The molecule has 2 aliphatic heterocycles. The molecule has 2 aliphatic rings. The third kappa shape index (κ3) is 2.54. The molecule has 2 atom stereocenters. The number of halogens is 1. The first-order chi connectivity index (χ1) is 10.3. The number of rotatable bonds is 2. The van der Waals surface area contributed by atoms with Crippen molar-refractivity contribution < 1.29 is 9.13 Å². The molecule has 0 unspecified atom stereocenters. The number of nitrogens with zero attached hydrogens (tertiary/aromatic N) is 2. The molecule has 110 valence electrons. The molecule has 1 aromatic carbocycles. The number of thiazole rings is 1. The molecular formula is C15H16FN3OS. The summed E-state index contributed by atoms with van der Waals surface area (Å²) in [5, 5.41) is 6.53. The van der Waals surface area contributed by atoms with E-state index in [-0.39, 0.29) is 11.9 Å². The van der Waals surface area contributed by atoms with Crippen LogP contribution in [0.4, 0.5) is 9.52 Å². The van der Waals surface area contributed by atoms with E-state index in [1.54, 1.807) is 23.5 Å². The molecular weight excluding hydrogens is 289 g/mol. The number of ether oxygens (including phenoxy) is 1. The Morgan fingerprint density at radius 3 is 2.95 bits per heavy atom. The van der Waals surface area contributed by atoms with Crippen molar-refractivity contribution >= 4 is 16.5 Å². The molecule has 0 bridgehead atoms. The van der Waals surface area contributed by atoms with E-state index >= 15 is 0 Å². The van der Waals surface area contributed by atoms with E-state index in [1.807, 2.05) is 5.38 Å². The fourth-order valence-corrected chi connectivity index (χ4v) is 3.77. The van der Waals surface area contributed by atoms with Crippen molar-refractivity contribution in [2.24, 2.45) is 0 Å². The smallest absolute Gasteiger partial charge is 0.186 e. The fourth-order valence-electron chi connectivity index (χ4n) is 2.91. The Bertz CT molecular complexity index is 616. The van der Waals surface area contributed by atoms with Crippen molar-refractivity contribution in [3.63, 3.8) is 0 Å². The molecule has 21 heavy (non-hydrogen) atoms. The van der Waals surface area contributed by atoms with Crippen molar-refractivity contribution in [2.75, 3.05) is 31.1 Å². The van der Waals surface area contributed by atoms with E-state index in [4.69, 9.17) is 4.74 Å². The molecule has 1 N–H and O–H groups in total. The second-order valence-electron chi connectivity index (χ2n) is 5.40. The van der Waals surface area contributed by atoms with Crippen LogP contribution in [0.25, 0.3) is 11.3 Å². The van der Waals surface area contributed by atoms with Gasteiger partial charge in [0.2, 0.25) is 0 Å². The van der Waals surface area contributed by atoms with Gasteiger partial charge >= 0.3 is 0 Å². The minimum atomic E-state index is -0.221. The quantitative estimate of drug-likeness (QED) is 0.922. The summed E-state index contributed by atoms with van der Waals surface area (Å²) < 4.78 is 18.8. The molecule has 2 aromatic rings. The summed E-state index contributed by atoms with van der Waals surface area (Å²) in [6.07, 6.45) is 0.261. The minimum Gasteiger partial charge on any atom is -0.373 e. The lowest BCUT2D eigenvalue weighted by Gasteiger charge is -2.25. The molecule has 0 saturated carbocycles. The van der Waals surface area contributed by atoms with E-state index in [0.29, 0.717) is 6.04 Å². The van der Waals surface area contributed by atoms with E-state index in [1.165, 1.54) is 12.1 Å². The van der Waals surface area contributed by atoms with Crippen LogP contribution >= 0.6 is 11.3 Å². The molecule has 4 rings (SSSR count). The zero-order valence-electron chi connectivity index (χ0n) is 11.5. The third-order valence-corrected chi connectivity index (χ3v) is 4.91. The summed E-state index contributed by atoms with van der Waals surface area (Å²) >= 11 is 1.63. The fraction of sp³-hybridized carbons (Fsp3) is 0.400. The number of morpholine rings is 1. The van der Waals surface area contributed by atoms with E-state index < -0.39 is 0 Å². The van der Waals surface area contributed by atoms with Crippen molar-refractivity contribution in [1.29, 1.82) is 0 Å². The lowest BCUT2D eigenvalue weighted by Crippen LogP contribution is -2.47. The third-order valence-electron chi connectivity index (χ3n) is 4.01. The van der Waals surface area contributed by atoms with Gasteiger partial charge in [-0.05, 0) is 24.3 Å². The zero-order chi connectivity index (χ0) is 14.2. The van der Waals surface area contributed by atoms with Crippen LogP contribution in [0.3, 0.4) is 0 Å². The van der Waals surface area contributed by atoms with Crippen LogP contribution in [0.1, 0.15) is 0 Å². The highest BCUT2D eigenvalue weighted by Gasteiger charge is 2.36. The first kappa shape index (κ1) is 13.2. The normalized spacial score (nSPS) is 25.1. The topological polar surface area (TPSA) is 37.4 Å². The van der Waals surface area contributed by atoms with Gasteiger partial charge < -0.3 is 15.0 Å². The summed E-state index contributed by atoms with van der Waals surface area (Å²) in [5.74, 6) is -0.221. The van der Waals surface area contributed by atoms with Crippen molar-refractivity contribution in [2.45, 2.75) is 12.1 Å². The molecule has 3 heterocycles. The van der Waals surface area contributed by atoms with Gasteiger partial charge in [0.25, 0.3) is 0 Å². The molecule has 0 radical (unpaired) electrons. The molecule has 0 aliphatic carbocycles. The predicted octanol–water partition coefficient (Wildman–Crippen LogP) is 2.13. The predicted molar refractivity (Wildman–Crippen MR) is 81.3 cm³/mol. The van der Waals surface area contributed by atoms with Crippen LogP contribution in [-0.4, -0.2) is 43.4 Å². The second kappa shape index (κ2) is 5.36. The highest BCUT2D eigenvalue weighted by Crippen LogP contribution is 2.30. The maximum absolute atomic E-state index is 13.0. The Kier molecular flexibility index (Phi) is 3.37. The number of aromatic nitrogens is 1. The van der Waals surface area contributed by atoms with E-state index in [2.05, 4.69) is 15.2 Å². The van der Waals surface area contributed by atoms with Crippen LogP contribution in [0.15, 0.2) is 29.6 Å². The lowest BCUT2D eigenvalue weighted by molar-refractivity contribution is 0.0212. The number of fused-ring (bicyclic) bond motifs is 1. The summed E-state index contributed by atoms with van der Waals surface area (Å²) in [5.41, 5.74) is 1.85. The Morgan fingerprint density at radius 1 is 1.29 bits per heavy atom. The Morgan fingerprint density at radius 2 is 2.14 bits per heavy atom. The van der Waals surface area contributed by atoms with Gasteiger partial charge in [-0.2, -0.15) is 0 Å². The Hall–Kier alpha value is -1.50. The highest BCUT2D eigenvalue weighted by molar-refractivity contribution is 7.14. The van der Waals surface area contributed by atoms with Crippen LogP contribution in [0, 0.1) is 5.82 Å². The summed E-state index contributed by atoms with van der Waals surface area (Å²) in [6.45, 7) is 3.52. The highest BCUT2D eigenvalue weighted by atomic mass is 32.1. The van der Waals surface area contributed by atoms with Crippen LogP contribution < -0.4 is 10.2 Å². The second-order valence-corrected chi connectivity index (χ2v) is 6.23. The molecule has 1 aromatic heterocycles. The first-order valence-electron chi connectivity index (χ1n) is 7.11. The minimum absolute atomic E-state index is 0.221. The Balaban J connectivity index is 1.53. The molecule has 2 saturated heterocycles. The van der Waals surface area contributed by atoms with E-state index in [9.17, 15) is 4.39 Å². The standard InChI is InChI=1S/C15H16FN3OS/c16-11-3-1-10(2-4-11)13-9-21-15(18-13)19-7-12-14(8-19)20-6-5-17-12/h1-4,9,12,14,17H,5-8H2/t12-,14-/m0/s1. The lowest BCUT2D eigenvalue weighted by atomic mass is 10.2. The van der Waals surface area contributed by atoms with Gasteiger partial charge in [0, 0.05) is 30.6 Å². The maximum Gasteiger partial charge on any atom is 0.186 e. The molecule has 2 fully saturated rings. The van der Waals surface area contributed by atoms with E-state index in [0.717, 1.165) is 42.6 Å². The number of hydrogen-bond donors (Lipinski definition) is 1. The number of nitrogens with one attached hydrogen (secondary N) is 1. The SMILES string of the molecule is Fc1ccc(-c2csc(N3C[C@@H]4NCCO[C@H]4C3)n2)cc1. The van der Waals surface area contributed by atoms with Gasteiger partial charge in [0.1, 0.15) is 5.82 Å². The van der Waals surface area contributed by atoms with Crippen molar-refractivity contribution in [3.05, 3.63) is 35.5 Å². The summed E-state index contributed by atoms with van der Waals surface area (Å²) in [6, 6.07) is 6.87. The monoisotopic (exact) mass is 305 g/mol. The molecule has 4 nitrogen and oxygen atoms in total. The summed E-state index contributed by atoms with van der Waals surface area (Å²) in [4.78, 5) is 6.96. The average molecular weight is 305 g/mol. The van der Waals surface area contributed by atoms with Gasteiger partial charge in [0.15, 0.2) is 5.13 Å². The molecule has 0 amide bonds. The summed E-state index contributed by atoms with van der Waals surface area (Å²) in [7, 11) is 0. The van der Waals surface area contributed by atoms with Crippen molar-refractivity contribution in [3.8, 4) is 11.3 Å². The van der Waals surface area contributed by atoms with Crippen LogP contribution in [0.2, 0.25) is 0 Å².